The number of para-hydroxylation sites is 1. The number of benzene rings is 3. The standard InChI is InChI=1S/C36H42N8O6/c1-22(45)41-28(17-10-18-39-36(37)38)32(46)42-29(19-23-11-4-2-5-12-23)33(47)43-30(20-25-21-40-27-16-9-8-15-26(25)27)34(48)44-31(35(49)50)24-13-6-3-7-14-24/h2-9,11-16,21,28-31,40H,10,17-20H2,1H3,(H,41,45)(H,42,46)(H,43,47)(H,44,48)(H,49,50)(H4,37,38,39)/t28-,29-,30-,31?/m0/s1. The first-order valence-corrected chi connectivity index (χ1v) is 16.1. The number of H-pyrrole nitrogens is 1. The lowest BCUT2D eigenvalue weighted by atomic mass is 10.0. The van der Waals surface area contributed by atoms with E-state index in [9.17, 15) is 29.1 Å². The number of aromatic amines is 1. The molecule has 1 aromatic heterocycles. The highest BCUT2D eigenvalue weighted by molar-refractivity contribution is 5.96. The first-order valence-electron chi connectivity index (χ1n) is 16.1. The van der Waals surface area contributed by atoms with Gasteiger partial charge in [0.1, 0.15) is 18.1 Å². The Morgan fingerprint density at radius 1 is 0.740 bits per heavy atom. The Morgan fingerprint density at radius 3 is 1.96 bits per heavy atom. The summed E-state index contributed by atoms with van der Waals surface area (Å²) in [5, 5.41) is 21.6. The molecule has 0 aliphatic carbocycles. The highest BCUT2D eigenvalue weighted by Gasteiger charge is 2.32. The van der Waals surface area contributed by atoms with Crippen LogP contribution in [-0.4, -0.2) is 70.3 Å². The second kappa shape index (κ2) is 17.8. The van der Waals surface area contributed by atoms with Crippen molar-refractivity contribution in [2.24, 2.45) is 16.5 Å². The van der Waals surface area contributed by atoms with Gasteiger partial charge >= 0.3 is 5.97 Å². The van der Waals surface area contributed by atoms with Crippen LogP contribution in [0.25, 0.3) is 10.9 Å². The number of aliphatic carboxylic acids is 1. The molecule has 4 rings (SSSR count). The molecule has 4 aromatic rings. The largest absolute Gasteiger partial charge is 0.479 e. The lowest BCUT2D eigenvalue weighted by Crippen LogP contribution is -2.58. The van der Waals surface area contributed by atoms with Gasteiger partial charge in [0.25, 0.3) is 0 Å². The van der Waals surface area contributed by atoms with Crippen LogP contribution in [0, 0.1) is 0 Å². The summed E-state index contributed by atoms with van der Waals surface area (Å²) in [6.45, 7) is 1.50. The average Bonchev–Trinajstić information content (AvgIpc) is 3.50. The number of aromatic nitrogens is 1. The molecule has 262 valence electrons. The number of nitrogens with zero attached hydrogens (tertiary/aromatic N) is 1. The number of hydrogen-bond acceptors (Lipinski definition) is 6. The van der Waals surface area contributed by atoms with Gasteiger partial charge in [-0.05, 0) is 35.6 Å². The fraction of sp³-hybridized carbons (Fsp3) is 0.278. The van der Waals surface area contributed by atoms with Crippen molar-refractivity contribution in [3.05, 3.63) is 108 Å². The second-order valence-electron chi connectivity index (χ2n) is 11.8. The molecule has 4 amide bonds. The Kier molecular flexibility index (Phi) is 13.1. The smallest absolute Gasteiger partial charge is 0.330 e. The molecule has 1 unspecified atom stereocenters. The van der Waals surface area contributed by atoms with Crippen LogP contribution in [-0.2, 0) is 36.8 Å². The van der Waals surface area contributed by atoms with Gasteiger partial charge in [-0.2, -0.15) is 0 Å². The van der Waals surface area contributed by atoms with Crippen LogP contribution >= 0.6 is 0 Å². The van der Waals surface area contributed by atoms with Crippen molar-refractivity contribution >= 4 is 46.5 Å². The van der Waals surface area contributed by atoms with Gasteiger partial charge in [-0.1, -0.05) is 78.9 Å². The fourth-order valence-electron chi connectivity index (χ4n) is 5.53. The van der Waals surface area contributed by atoms with Crippen LogP contribution in [0.5, 0.6) is 0 Å². The third-order valence-electron chi connectivity index (χ3n) is 7.95. The summed E-state index contributed by atoms with van der Waals surface area (Å²) >= 11 is 0. The summed E-state index contributed by atoms with van der Waals surface area (Å²) in [5.41, 5.74) is 13.4. The quantitative estimate of drug-likeness (QED) is 0.0460. The van der Waals surface area contributed by atoms with E-state index in [1.807, 2.05) is 30.3 Å². The van der Waals surface area contributed by atoms with Gasteiger partial charge < -0.3 is 42.8 Å². The Labute approximate surface area is 289 Å². The van der Waals surface area contributed by atoms with E-state index in [0.29, 0.717) is 17.5 Å². The number of carboxylic acids is 1. The molecule has 50 heavy (non-hydrogen) atoms. The van der Waals surface area contributed by atoms with Gasteiger partial charge in [-0.25, -0.2) is 4.79 Å². The van der Waals surface area contributed by atoms with Crippen molar-refractivity contribution in [3.63, 3.8) is 0 Å². The molecule has 3 aromatic carbocycles. The zero-order valence-corrected chi connectivity index (χ0v) is 27.6. The zero-order valence-electron chi connectivity index (χ0n) is 27.6. The molecule has 0 bridgehead atoms. The van der Waals surface area contributed by atoms with Gasteiger partial charge in [0, 0.05) is 43.4 Å². The molecular formula is C36H42N8O6. The van der Waals surface area contributed by atoms with E-state index in [-0.39, 0.29) is 31.8 Å². The van der Waals surface area contributed by atoms with E-state index in [1.165, 1.54) is 6.92 Å². The molecular weight excluding hydrogens is 640 g/mol. The molecule has 4 atom stereocenters. The van der Waals surface area contributed by atoms with Gasteiger partial charge in [0.2, 0.25) is 23.6 Å². The lowest BCUT2D eigenvalue weighted by Gasteiger charge is -2.26. The molecule has 0 fully saturated rings. The minimum atomic E-state index is -1.39. The maximum Gasteiger partial charge on any atom is 0.330 e. The molecule has 0 saturated heterocycles. The summed E-state index contributed by atoms with van der Waals surface area (Å²) in [7, 11) is 0. The summed E-state index contributed by atoms with van der Waals surface area (Å²) in [5.74, 6) is -3.86. The Balaban J connectivity index is 1.62. The molecule has 0 aliphatic rings. The topological polar surface area (TPSA) is 234 Å². The van der Waals surface area contributed by atoms with Crippen molar-refractivity contribution < 1.29 is 29.1 Å². The van der Waals surface area contributed by atoms with Crippen LogP contribution in [0.15, 0.2) is 96.1 Å². The zero-order chi connectivity index (χ0) is 36.0. The highest BCUT2D eigenvalue weighted by atomic mass is 16.4. The molecule has 0 aliphatic heterocycles. The van der Waals surface area contributed by atoms with Crippen LogP contribution in [0.3, 0.4) is 0 Å². The molecule has 0 spiro atoms. The minimum Gasteiger partial charge on any atom is -0.479 e. The van der Waals surface area contributed by atoms with E-state index >= 15 is 0 Å². The molecule has 14 heteroatoms. The van der Waals surface area contributed by atoms with E-state index in [1.54, 1.807) is 60.8 Å². The predicted molar refractivity (Wildman–Crippen MR) is 188 cm³/mol. The highest BCUT2D eigenvalue weighted by Crippen LogP contribution is 2.20. The lowest BCUT2D eigenvalue weighted by molar-refractivity contribution is -0.142. The van der Waals surface area contributed by atoms with Crippen molar-refractivity contribution in [2.45, 2.75) is 56.8 Å². The fourth-order valence-corrected chi connectivity index (χ4v) is 5.53. The number of carbonyl (C=O) groups is 5. The van der Waals surface area contributed by atoms with Crippen LogP contribution in [0.1, 0.15) is 42.5 Å². The first-order chi connectivity index (χ1) is 24.0. The third-order valence-corrected chi connectivity index (χ3v) is 7.95. The van der Waals surface area contributed by atoms with Crippen LogP contribution < -0.4 is 32.7 Å². The number of amides is 4. The molecule has 0 saturated carbocycles. The van der Waals surface area contributed by atoms with Crippen LogP contribution in [0.4, 0.5) is 0 Å². The molecule has 14 nitrogen and oxygen atoms in total. The third kappa shape index (κ3) is 10.7. The van der Waals surface area contributed by atoms with Crippen molar-refractivity contribution in [1.29, 1.82) is 0 Å². The summed E-state index contributed by atoms with van der Waals surface area (Å²) in [4.78, 5) is 72.9. The van der Waals surface area contributed by atoms with Gasteiger partial charge in [0.15, 0.2) is 12.0 Å². The van der Waals surface area contributed by atoms with E-state index in [4.69, 9.17) is 11.5 Å². The van der Waals surface area contributed by atoms with Crippen LogP contribution in [0.2, 0.25) is 0 Å². The van der Waals surface area contributed by atoms with E-state index in [2.05, 4.69) is 31.2 Å². The van der Waals surface area contributed by atoms with Gasteiger partial charge in [-0.15, -0.1) is 0 Å². The second-order valence-corrected chi connectivity index (χ2v) is 11.8. The summed E-state index contributed by atoms with van der Waals surface area (Å²) in [6.07, 6.45) is 2.34. The first kappa shape index (κ1) is 36.7. The van der Waals surface area contributed by atoms with E-state index in [0.717, 1.165) is 16.5 Å². The van der Waals surface area contributed by atoms with Crippen molar-refractivity contribution in [3.8, 4) is 0 Å². The van der Waals surface area contributed by atoms with Gasteiger partial charge in [0.05, 0.1) is 0 Å². The minimum absolute atomic E-state index is 0.00796. The van der Waals surface area contributed by atoms with E-state index < -0.39 is 53.8 Å². The number of hydrogen-bond donors (Lipinski definition) is 8. The Bertz CT molecular complexity index is 1810. The number of nitrogens with two attached hydrogens (primary N) is 2. The number of fused-ring (bicyclic) bond motifs is 1. The normalized spacial score (nSPS) is 13.2. The van der Waals surface area contributed by atoms with Crippen molar-refractivity contribution in [2.75, 3.05) is 6.54 Å². The molecule has 10 N–H and O–H groups in total. The number of rotatable bonds is 17. The number of aliphatic imine (C=N–C) groups is 1. The number of guanidine groups is 1. The maximum atomic E-state index is 14.1. The molecule has 0 radical (unpaired) electrons. The SMILES string of the molecule is CC(=O)N[C@@H](CCCN=C(N)N)C(=O)N[C@@H](Cc1ccccc1)C(=O)N[C@@H](Cc1c[nH]c2ccccc12)C(=O)NC(C(=O)O)c1ccccc1. The number of nitrogens with one attached hydrogen (secondary N) is 5. The number of carboxylic acid groups (broad SMARTS) is 1. The monoisotopic (exact) mass is 682 g/mol. The molecule has 1 heterocycles. The predicted octanol–water partition coefficient (Wildman–Crippen LogP) is 1.42. The average molecular weight is 683 g/mol. The summed E-state index contributed by atoms with van der Waals surface area (Å²) in [6, 6.07) is 19.8. The number of carbonyl (C=O) groups excluding carboxylic acids is 4. The maximum absolute atomic E-state index is 14.1. The van der Waals surface area contributed by atoms with Gasteiger partial charge in [-0.3, -0.25) is 24.2 Å². The Morgan fingerprint density at radius 2 is 1.32 bits per heavy atom. The Hall–Kier alpha value is -6.18. The summed E-state index contributed by atoms with van der Waals surface area (Å²) < 4.78 is 0. The van der Waals surface area contributed by atoms with Crippen molar-refractivity contribution in [1.82, 2.24) is 26.3 Å².